The number of ether oxygens (including phenoxy) is 1. The molecule has 0 radical (unpaired) electrons. The maximum absolute atomic E-state index is 12.2. The van der Waals surface area contributed by atoms with Crippen molar-refractivity contribution in [2.24, 2.45) is 0 Å². The van der Waals surface area contributed by atoms with Crippen LogP contribution in [0.5, 0.6) is 0 Å². The molecule has 0 aliphatic heterocycles. The molecule has 0 spiro atoms. The van der Waals surface area contributed by atoms with E-state index in [4.69, 9.17) is 4.74 Å². The second kappa shape index (κ2) is 9.68. The number of carbonyl (C=O) groups excluding carboxylic acids is 1. The molecule has 0 unspecified atom stereocenters. The van der Waals surface area contributed by atoms with Crippen molar-refractivity contribution >= 4 is 39.3 Å². The zero-order chi connectivity index (χ0) is 19.1. The van der Waals surface area contributed by atoms with Crippen LogP contribution in [0.25, 0.3) is 11.4 Å². The molecule has 1 aromatic heterocycles. The summed E-state index contributed by atoms with van der Waals surface area (Å²) < 4.78 is 8.16. The van der Waals surface area contributed by atoms with E-state index in [0.717, 1.165) is 21.5 Å². The fourth-order valence-electron chi connectivity index (χ4n) is 2.44. The third-order valence-corrected chi connectivity index (χ3v) is 5.22. The molecule has 0 aliphatic rings. The van der Waals surface area contributed by atoms with Gasteiger partial charge in [-0.05, 0) is 24.3 Å². The van der Waals surface area contributed by atoms with E-state index in [1.807, 2.05) is 59.2 Å². The molecule has 1 N–H and O–H groups in total. The molecule has 3 aromatic rings. The molecule has 8 heteroatoms. The molecule has 1 heterocycles. The largest absolute Gasteiger partial charge is 0.383 e. The number of nitrogens with one attached hydrogen (secondary N) is 1. The van der Waals surface area contributed by atoms with Crippen LogP contribution in [0.2, 0.25) is 0 Å². The number of anilines is 1. The fraction of sp³-hybridized carbons (Fsp3) is 0.211. The quantitative estimate of drug-likeness (QED) is 0.527. The molecule has 27 heavy (non-hydrogen) atoms. The number of methoxy groups -OCH3 is 1. The highest BCUT2D eigenvalue weighted by Gasteiger charge is 2.15. The van der Waals surface area contributed by atoms with Crippen LogP contribution < -0.4 is 5.32 Å². The molecule has 1 amide bonds. The molecule has 3 rings (SSSR count). The smallest absolute Gasteiger partial charge is 0.234 e. The Hall–Kier alpha value is -2.16. The van der Waals surface area contributed by atoms with Crippen LogP contribution in [0.3, 0.4) is 0 Å². The van der Waals surface area contributed by atoms with Gasteiger partial charge in [0.1, 0.15) is 0 Å². The minimum Gasteiger partial charge on any atom is -0.383 e. The Morgan fingerprint density at radius 1 is 1.15 bits per heavy atom. The normalized spacial score (nSPS) is 10.7. The molecule has 0 saturated carbocycles. The zero-order valence-electron chi connectivity index (χ0n) is 14.8. The number of halogens is 1. The van der Waals surface area contributed by atoms with E-state index in [2.05, 4.69) is 31.4 Å². The van der Waals surface area contributed by atoms with Crippen molar-refractivity contribution in [3.8, 4) is 11.4 Å². The number of benzene rings is 2. The lowest BCUT2D eigenvalue weighted by Crippen LogP contribution is -2.15. The number of amides is 1. The van der Waals surface area contributed by atoms with Gasteiger partial charge in [-0.3, -0.25) is 9.36 Å². The minimum absolute atomic E-state index is 0.0927. The van der Waals surface area contributed by atoms with Gasteiger partial charge in [-0.15, -0.1) is 10.2 Å². The third kappa shape index (κ3) is 5.41. The lowest BCUT2D eigenvalue weighted by atomic mass is 10.2. The second-order valence-corrected chi connectivity index (χ2v) is 7.52. The first-order valence-electron chi connectivity index (χ1n) is 8.33. The van der Waals surface area contributed by atoms with Crippen molar-refractivity contribution in [1.82, 2.24) is 14.8 Å². The summed E-state index contributed by atoms with van der Waals surface area (Å²) in [5.74, 6) is 0.920. The summed E-state index contributed by atoms with van der Waals surface area (Å²) in [5.41, 5.74) is 1.74. The summed E-state index contributed by atoms with van der Waals surface area (Å²) in [6.07, 6.45) is 0. The molecule has 6 nitrogen and oxygen atoms in total. The zero-order valence-corrected chi connectivity index (χ0v) is 17.2. The van der Waals surface area contributed by atoms with Gasteiger partial charge in [0, 0.05) is 22.8 Å². The monoisotopic (exact) mass is 446 g/mol. The Kier molecular flexibility index (Phi) is 7.03. The molecular weight excluding hydrogens is 428 g/mol. The second-order valence-electron chi connectivity index (χ2n) is 5.66. The van der Waals surface area contributed by atoms with Crippen molar-refractivity contribution in [2.45, 2.75) is 11.7 Å². The van der Waals surface area contributed by atoms with Crippen LogP contribution >= 0.6 is 27.7 Å². The fourth-order valence-corrected chi connectivity index (χ4v) is 3.47. The highest BCUT2D eigenvalue weighted by molar-refractivity contribution is 9.10. The van der Waals surface area contributed by atoms with Gasteiger partial charge in [0.2, 0.25) is 5.91 Å². The summed E-state index contributed by atoms with van der Waals surface area (Å²) >= 11 is 4.73. The first-order chi connectivity index (χ1) is 13.2. The number of rotatable bonds is 8. The molecule has 0 bridgehead atoms. The molecular formula is C19H19BrN4O2S. The van der Waals surface area contributed by atoms with Crippen LogP contribution in [0.1, 0.15) is 0 Å². The van der Waals surface area contributed by atoms with Crippen molar-refractivity contribution in [3.63, 3.8) is 0 Å². The highest BCUT2D eigenvalue weighted by Crippen LogP contribution is 2.24. The molecule has 0 atom stereocenters. The summed E-state index contributed by atoms with van der Waals surface area (Å²) in [4.78, 5) is 12.2. The third-order valence-electron chi connectivity index (χ3n) is 3.73. The summed E-state index contributed by atoms with van der Waals surface area (Å²) in [5, 5.41) is 12.2. The first kappa shape index (κ1) is 19.6. The van der Waals surface area contributed by atoms with Crippen LogP contribution in [-0.2, 0) is 16.1 Å². The van der Waals surface area contributed by atoms with Gasteiger partial charge < -0.3 is 10.1 Å². The first-order valence-corrected chi connectivity index (χ1v) is 10.1. The molecule has 0 saturated heterocycles. The maximum atomic E-state index is 12.2. The van der Waals surface area contributed by atoms with Gasteiger partial charge >= 0.3 is 0 Å². The summed E-state index contributed by atoms with van der Waals surface area (Å²) in [6, 6.07) is 17.3. The predicted molar refractivity (Wildman–Crippen MR) is 111 cm³/mol. The summed E-state index contributed by atoms with van der Waals surface area (Å²) in [7, 11) is 1.66. The number of hydrogen-bond acceptors (Lipinski definition) is 5. The van der Waals surface area contributed by atoms with Crippen LogP contribution in [0.15, 0.2) is 64.2 Å². The lowest BCUT2D eigenvalue weighted by Gasteiger charge is -2.10. The van der Waals surface area contributed by atoms with Crippen LogP contribution in [0, 0.1) is 0 Å². The SMILES string of the molecule is COCCn1c(SCC(=O)Nc2ccc(Br)cc2)nnc1-c1ccccc1. The molecule has 2 aromatic carbocycles. The Balaban J connectivity index is 1.69. The van der Waals surface area contributed by atoms with Gasteiger partial charge in [0.15, 0.2) is 11.0 Å². The van der Waals surface area contributed by atoms with Gasteiger partial charge in [-0.1, -0.05) is 58.0 Å². The van der Waals surface area contributed by atoms with E-state index in [0.29, 0.717) is 18.3 Å². The van der Waals surface area contributed by atoms with Gasteiger partial charge in [-0.25, -0.2) is 0 Å². The van der Waals surface area contributed by atoms with Crippen molar-refractivity contribution in [1.29, 1.82) is 0 Å². The Labute approximate surface area is 170 Å². The van der Waals surface area contributed by atoms with Crippen molar-refractivity contribution in [3.05, 3.63) is 59.1 Å². The number of nitrogens with zero attached hydrogens (tertiary/aromatic N) is 3. The van der Waals surface area contributed by atoms with Crippen molar-refractivity contribution < 1.29 is 9.53 Å². The maximum Gasteiger partial charge on any atom is 0.234 e. The van der Waals surface area contributed by atoms with Crippen LogP contribution in [-0.4, -0.2) is 40.1 Å². The lowest BCUT2D eigenvalue weighted by molar-refractivity contribution is -0.113. The van der Waals surface area contributed by atoms with E-state index in [1.54, 1.807) is 7.11 Å². The Morgan fingerprint density at radius 2 is 1.89 bits per heavy atom. The molecule has 140 valence electrons. The topological polar surface area (TPSA) is 69.0 Å². The van der Waals surface area contributed by atoms with Crippen LogP contribution in [0.4, 0.5) is 5.69 Å². The van der Waals surface area contributed by atoms with E-state index in [-0.39, 0.29) is 11.7 Å². The average Bonchev–Trinajstić information content (AvgIpc) is 3.10. The molecule has 0 fully saturated rings. The van der Waals surface area contributed by atoms with Gasteiger partial charge in [-0.2, -0.15) is 0 Å². The number of thioether (sulfide) groups is 1. The Bertz CT molecular complexity index is 884. The highest BCUT2D eigenvalue weighted by atomic mass is 79.9. The summed E-state index contributed by atoms with van der Waals surface area (Å²) in [6.45, 7) is 1.15. The predicted octanol–water partition coefficient (Wildman–Crippen LogP) is 4.08. The molecule has 0 aliphatic carbocycles. The number of hydrogen-bond donors (Lipinski definition) is 1. The van der Waals surface area contributed by atoms with Gasteiger partial charge in [0.25, 0.3) is 0 Å². The average molecular weight is 447 g/mol. The van der Waals surface area contributed by atoms with E-state index in [9.17, 15) is 4.79 Å². The minimum atomic E-state index is -0.0927. The van der Waals surface area contributed by atoms with Crippen molar-refractivity contribution in [2.75, 3.05) is 24.8 Å². The van der Waals surface area contributed by atoms with E-state index >= 15 is 0 Å². The Morgan fingerprint density at radius 3 is 2.59 bits per heavy atom. The van der Waals surface area contributed by atoms with E-state index in [1.165, 1.54) is 11.8 Å². The number of carbonyl (C=O) groups is 1. The van der Waals surface area contributed by atoms with E-state index < -0.39 is 0 Å². The standard InChI is InChI=1S/C19H19BrN4O2S/c1-26-12-11-24-18(14-5-3-2-4-6-14)22-23-19(24)27-13-17(25)21-16-9-7-15(20)8-10-16/h2-10H,11-13H2,1H3,(H,21,25). The van der Waals surface area contributed by atoms with Gasteiger partial charge in [0.05, 0.1) is 18.9 Å². The number of aromatic nitrogens is 3.